The number of ether oxygens (including phenoxy) is 1. The van der Waals surface area contributed by atoms with Gasteiger partial charge in [-0.2, -0.15) is 0 Å². The fourth-order valence-corrected chi connectivity index (χ4v) is 3.46. The van der Waals surface area contributed by atoms with E-state index in [1.165, 1.54) is 45.2 Å². The van der Waals surface area contributed by atoms with Crippen molar-refractivity contribution in [2.24, 2.45) is 5.92 Å². The Labute approximate surface area is 112 Å². The van der Waals surface area contributed by atoms with E-state index in [0.717, 1.165) is 12.5 Å². The quantitative estimate of drug-likeness (QED) is 0.833. The van der Waals surface area contributed by atoms with Gasteiger partial charge in [0.15, 0.2) is 0 Å². The highest BCUT2D eigenvalue weighted by Crippen LogP contribution is 2.22. The summed E-state index contributed by atoms with van der Waals surface area (Å²) < 4.78 is 5.83. The molecule has 0 amide bonds. The Balaban J connectivity index is 1.78. The number of piperidine rings is 1. The molecular weight excluding hydrogens is 224 g/mol. The Morgan fingerprint density at radius 1 is 1.33 bits per heavy atom. The van der Waals surface area contributed by atoms with Gasteiger partial charge in [-0.05, 0) is 45.2 Å². The van der Waals surface area contributed by atoms with E-state index >= 15 is 0 Å². The first-order valence-electron chi connectivity index (χ1n) is 7.75. The van der Waals surface area contributed by atoms with Gasteiger partial charge in [-0.3, -0.25) is 0 Å². The highest BCUT2D eigenvalue weighted by atomic mass is 16.5. The summed E-state index contributed by atoms with van der Waals surface area (Å²) in [5.74, 6) is 0.774. The summed E-state index contributed by atoms with van der Waals surface area (Å²) in [6.07, 6.45) is 6.67. The number of rotatable bonds is 4. The van der Waals surface area contributed by atoms with Crippen molar-refractivity contribution in [1.29, 1.82) is 0 Å². The average molecular weight is 254 g/mol. The van der Waals surface area contributed by atoms with Crippen LogP contribution in [-0.2, 0) is 4.74 Å². The third kappa shape index (κ3) is 3.94. The molecule has 4 unspecified atom stereocenters. The van der Waals surface area contributed by atoms with Gasteiger partial charge < -0.3 is 15.0 Å². The molecule has 0 aromatic carbocycles. The van der Waals surface area contributed by atoms with Crippen molar-refractivity contribution in [3.05, 3.63) is 0 Å². The van der Waals surface area contributed by atoms with Gasteiger partial charge >= 0.3 is 0 Å². The van der Waals surface area contributed by atoms with E-state index in [-0.39, 0.29) is 0 Å². The summed E-state index contributed by atoms with van der Waals surface area (Å²) in [6.45, 7) is 8.06. The van der Waals surface area contributed by atoms with Crippen molar-refractivity contribution < 1.29 is 4.74 Å². The first-order valence-corrected chi connectivity index (χ1v) is 7.75. The van der Waals surface area contributed by atoms with Gasteiger partial charge in [0.2, 0.25) is 0 Å². The minimum atomic E-state index is 0.503. The standard InChI is InChI=1S/C15H30N2O/c1-4-5-14-10-13(7-9-18-14)16-15-6-8-17(3)11-12(15)2/h12-16H,4-11H2,1-3H3. The van der Waals surface area contributed by atoms with Crippen LogP contribution >= 0.6 is 0 Å². The zero-order valence-electron chi connectivity index (χ0n) is 12.3. The summed E-state index contributed by atoms with van der Waals surface area (Å²) in [5, 5.41) is 3.91. The van der Waals surface area contributed by atoms with E-state index in [1.54, 1.807) is 0 Å². The van der Waals surface area contributed by atoms with Gasteiger partial charge in [0.1, 0.15) is 0 Å². The van der Waals surface area contributed by atoms with E-state index in [2.05, 4.69) is 31.1 Å². The minimum absolute atomic E-state index is 0.503. The molecule has 4 atom stereocenters. The molecule has 0 bridgehead atoms. The van der Waals surface area contributed by atoms with E-state index in [1.807, 2.05) is 0 Å². The Bertz CT molecular complexity index is 245. The van der Waals surface area contributed by atoms with Crippen molar-refractivity contribution in [3.8, 4) is 0 Å². The third-order valence-corrected chi connectivity index (χ3v) is 4.54. The van der Waals surface area contributed by atoms with Crippen LogP contribution in [-0.4, -0.2) is 49.8 Å². The van der Waals surface area contributed by atoms with Crippen LogP contribution in [0.5, 0.6) is 0 Å². The maximum Gasteiger partial charge on any atom is 0.0589 e. The van der Waals surface area contributed by atoms with Gasteiger partial charge in [-0.15, -0.1) is 0 Å². The van der Waals surface area contributed by atoms with E-state index < -0.39 is 0 Å². The lowest BCUT2D eigenvalue weighted by Crippen LogP contribution is -2.52. The zero-order valence-corrected chi connectivity index (χ0v) is 12.3. The SMILES string of the molecule is CCCC1CC(NC2CCN(C)CC2C)CCO1. The van der Waals surface area contributed by atoms with Crippen LogP contribution < -0.4 is 5.32 Å². The summed E-state index contributed by atoms with van der Waals surface area (Å²) in [6, 6.07) is 1.40. The summed E-state index contributed by atoms with van der Waals surface area (Å²) in [5.41, 5.74) is 0. The number of hydrogen-bond acceptors (Lipinski definition) is 3. The smallest absolute Gasteiger partial charge is 0.0589 e. The van der Waals surface area contributed by atoms with Crippen LogP contribution in [0.1, 0.15) is 46.0 Å². The van der Waals surface area contributed by atoms with Gasteiger partial charge in [0, 0.05) is 25.2 Å². The Morgan fingerprint density at radius 3 is 2.89 bits per heavy atom. The molecule has 3 nitrogen and oxygen atoms in total. The molecule has 106 valence electrons. The average Bonchev–Trinajstić information content (AvgIpc) is 2.34. The monoisotopic (exact) mass is 254 g/mol. The van der Waals surface area contributed by atoms with Crippen LogP contribution in [0.2, 0.25) is 0 Å². The van der Waals surface area contributed by atoms with Crippen molar-refractivity contribution in [3.63, 3.8) is 0 Å². The molecule has 2 aliphatic rings. The molecule has 0 spiro atoms. The highest BCUT2D eigenvalue weighted by molar-refractivity contribution is 4.86. The Kier molecular flexibility index (Phi) is 5.46. The molecule has 1 N–H and O–H groups in total. The number of nitrogens with one attached hydrogen (secondary N) is 1. The number of hydrogen-bond donors (Lipinski definition) is 1. The van der Waals surface area contributed by atoms with E-state index in [4.69, 9.17) is 4.74 Å². The first kappa shape index (κ1) is 14.3. The van der Waals surface area contributed by atoms with Crippen molar-refractivity contribution >= 4 is 0 Å². The van der Waals surface area contributed by atoms with Crippen molar-refractivity contribution in [1.82, 2.24) is 10.2 Å². The summed E-state index contributed by atoms with van der Waals surface area (Å²) >= 11 is 0. The molecule has 2 fully saturated rings. The number of likely N-dealkylation sites (tertiary alicyclic amines) is 1. The minimum Gasteiger partial charge on any atom is -0.378 e. The van der Waals surface area contributed by atoms with Gasteiger partial charge in [-0.25, -0.2) is 0 Å². The normalized spacial score (nSPS) is 38.8. The molecule has 0 saturated carbocycles. The molecule has 2 rings (SSSR count). The van der Waals surface area contributed by atoms with Crippen LogP contribution in [0.25, 0.3) is 0 Å². The fraction of sp³-hybridized carbons (Fsp3) is 1.00. The second-order valence-electron chi connectivity index (χ2n) is 6.30. The van der Waals surface area contributed by atoms with E-state index in [9.17, 15) is 0 Å². The van der Waals surface area contributed by atoms with Crippen molar-refractivity contribution in [2.75, 3.05) is 26.7 Å². The first-order chi connectivity index (χ1) is 8.69. The maximum absolute atomic E-state index is 5.83. The van der Waals surface area contributed by atoms with Gasteiger partial charge in [-0.1, -0.05) is 20.3 Å². The van der Waals surface area contributed by atoms with E-state index in [0.29, 0.717) is 18.2 Å². The van der Waals surface area contributed by atoms with Crippen LogP contribution in [0.4, 0.5) is 0 Å². The lowest BCUT2D eigenvalue weighted by atomic mass is 9.91. The molecule has 18 heavy (non-hydrogen) atoms. The predicted molar refractivity (Wildman–Crippen MR) is 75.9 cm³/mol. The fourth-order valence-electron chi connectivity index (χ4n) is 3.46. The predicted octanol–water partition coefficient (Wildman–Crippen LogP) is 2.26. The summed E-state index contributed by atoms with van der Waals surface area (Å²) in [7, 11) is 2.23. The zero-order chi connectivity index (χ0) is 13.0. The van der Waals surface area contributed by atoms with Gasteiger partial charge in [0.25, 0.3) is 0 Å². The maximum atomic E-state index is 5.83. The second-order valence-corrected chi connectivity index (χ2v) is 6.30. The lowest BCUT2D eigenvalue weighted by Gasteiger charge is -2.39. The molecule has 0 aromatic rings. The molecule has 3 heteroatoms. The van der Waals surface area contributed by atoms with Crippen LogP contribution in [0.15, 0.2) is 0 Å². The van der Waals surface area contributed by atoms with Crippen molar-refractivity contribution in [2.45, 2.75) is 64.1 Å². The lowest BCUT2D eigenvalue weighted by molar-refractivity contribution is -0.00807. The molecule has 2 heterocycles. The molecule has 2 aliphatic heterocycles. The van der Waals surface area contributed by atoms with Crippen LogP contribution in [0.3, 0.4) is 0 Å². The topological polar surface area (TPSA) is 24.5 Å². The summed E-state index contributed by atoms with van der Waals surface area (Å²) in [4.78, 5) is 2.45. The highest BCUT2D eigenvalue weighted by Gasteiger charge is 2.28. The van der Waals surface area contributed by atoms with Gasteiger partial charge in [0.05, 0.1) is 6.10 Å². The largest absolute Gasteiger partial charge is 0.378 e. The second kappa shape index (κ2) is 6.88. The Hall–Kier alpha value is -0.120. The number of nitrogens with zero attached hydrogens (tertiary/aromatic N) is 1. The molecule has 0 aliphatic carbocycles. The Morgan fingerprint density at radius 2 is 2.17 bits per heavy atom. The molecule has 0 aromatic heterocycles. The third-order valence-electron chi connectivity index (χ3n) is 4.54. The molecule has 2 saturated heterocycles. The molecular formula is C15H30N2O. The molecule has 0 radical (unpaired) electrons. The van der Waals surface area contributed by atoms with Crippen LogP contribution in [0, 0.1) is 5.92 Å².